The van der Waals surface area contributed by atoms with E-state index in [0.29, 0.717) is 0 Å². The maximum Gasteiger partial charge on any atom is 0.0817 e. The van der Waals surface area contributed by atoms with Crippen molar-refractivity contribution in [2.24, 2.45) is 7.05 Å². The second kappa shape index (κ2) is 4.26. The van der Waals surface area contributed by atoms with Crippen LogP contribution < -0.4 is 10.6 Å². The van der Waals surface area contributed by atoms with Gasteiger partial charge in [0, 0.05) is 31.7 Å². The molecule has 0 radical (unpaired) electrons. The van der Waals surface area contributed by atoms with Crippen LogP contribution in [0.3, 0.4) is 0 Å². The van der Waals surface area contributed by atoms with Crippen LogP contribution in [-0.4, -0.2) is 16.8 Å². The first-order valence-electron chi connectivity index (χ1n) is 5.20. The number of nitrogen functional groups attached to an aromatic ring is 1. The summed E-state index contributed by atoms with van der Waals surface area (Å²) in [6.45, 7) is 0.796. The normalized spacial score (nSPS) is 10.4. The first-order valence-corrected chi connectivity index (χ1v) is 5.20. The van der Waals surface area contributed by atoms with Crippen LogP contribution in [0.15, 0.2) is 36.5 Å². The lowest BCUT2D eigenvalue weighted by molar-refractivity contribution is 0.734. The van der Waals surface area contributed by atoms with E-state index in [1.165, 1.54) is 0 Å². The molecular weight excluding hydrogens is 200 g/mol. The molecule has 0 aliphatic carbocycles. The molecule has 0 aliphatic heterocycles. The average Bonchev–Trinajstić information content (AvgIpc) is 2.65. The number of benzene rings is 1. The molecule has 0 spiro atoms. The van der Waals surface area contributed by atoms with Crippen molar-refractivity contribution in [3.05, 3.63) is 42.2 Å². The number of aromatic nitrogens is 2. The zero-order valence-electron chi connectivity index (χ0n) is 9.59. The predicted molar refractivity (Wildman–Crippen MR) is 66.2 cm³/mol. The highest BCUT2D eigenvalue weighted by atomic mass is 15.3. The van der Waals surface area contributed by atoms with E-state index >= 15 is 0 Å². The summed E-state index contributed by atoms with van der Waals surface area (Å²) in [6.07, 6.45) is 1.95. The molecule has 16 heavy (non-hydrogen) atoms. The minimum absolute atomic E-state index is 0.787. The van der Waals surface area contributed by atoms with Crippen molar-refractivity contribution in [3.63, 3.8) is 0 Å². The van der Waals surface area contributed by atoms with Crippen LogP contribution >= 0.6 is 0 Å². The number of anilines is 2. The number of hydrogen-bond donors (Lipinski definition) is 1. The summed E-state index contributed by atoms with van der Waals surface area (Å²) in [5.74, 6) is 0. The monoisotopic (exact) mass is 216 g/mol. The second-order valence-electron chi connectivity index (χ2n) is 3.93. The van der Waals surface area contributed by atoms with E-state index in [1.807, 2.05) is 55.3 Å². The fourth-order valence-corrected chi connectivity index (χ4v) is 1.61. The smallest absolute Gasteiger partial charge is 0.0817 e. The molecule has 2 rings (SSSR count). The maximum absolute atomic E-state index is 5.65. The Bertz CT molecular complexity index is 458. The van der Waals surface area contributed by atoms with Crippen molar-refractivity contribution >= 4 is 11.4 Å². The summed E-state index contributed by atoms with van der Waals surface area (Å²) in [7, 11) is 3.97. The third-order valence-electron chi connectivity index (χ3n) is 2.50. The van der Waals surface area contributed by atoms with Crippen molar-refractivity contribution in [1.29, 1.82) is 0 Å². The van der Waals surface area contributed by atoms with Crippen molar-refractivity contribution in [1.82, 2.24) is 9.78 Å². The zero-order chi connectivity index (χ0) is 11.5. The Labute approximate surface area is 95.3 Å². The van der Waals surface area contributed by atoms with Gasteiger partial charge in [-0.15, -0.1) is 0 Å². The minimum atomic E-state index is 0.787. The van der Waals surface area contributed by atoms with Gasteiger partial charge in [0.2, 0.25) is 0 Å². The van der Waals surface area contributed by atoms with Gasteiger partial charge in [-0.05, 0) is 30.3 Å². The van der Waals surface area contributed by atoms with Crippen molar-refractivity contribution in [2.45, 2.75) is 6.54 Å². The molecule has 84 valence electrons. The molecule has 1 heterocycles. The largest absolute Gasteiger partial charge is 0.399 e. The summed E-state index contributed by atoms with van der Waals surface area (Å²) in [5.41, 5.74) is 8.63. The fourth-order valence-electron chi connectivity index (χ4n) is 1.61. The SMILES string of the molecule is CN(Cc1ccn(C)n1)c1ccc(N)cc1. The van der Waals surface area contributed by atoms with Crippen LogP contribution in [0.4, 0.5) is 11.4 Å². The van der Waals surface area contributed by atoms with E-state index < -0.39 is 0 Å². The highest BCUT2D eigenvalue weighted by Gasteiger charge is 2.03. The third-order valence-corrected chi connectivity index (χ3v) is 2.50. The highest BCUT2D eigenvalue weighted by Crippen LogP contribution is 2.16. The first kappa shape index (κ1) is 10.5. The Hall–Kier alpha value is -1.97. The topological polar surface area (TPSA) is 47.1 Å². The third kappa shape index (κ3) is 2.34. The Morgan fingerprint density at radius 3 is 2.50 bits per heavy atom. The Balaban J connectivity index is 2.08. The van der Waals surface area contributed by atoms with E-state index in [0.717, 1.165) is 23.6 Å². The van der Waals surface area contributed by atoms with Gasteiger partial charge in [0.1, 0.15) is 0 Å². The van der Waals surface area contributed by atoms with Crippen LogP contribution in [0.5, 0.6) is 0 Å². The summed E-state index contributed by atoms with van der Waals surface area (Å²) in [6, 6.07) is 9.86. The fraction of sp³-hybridized carbons (Fsp3) is 0.250. The molecule has 0 aliphatic rings. The maximum atomic E-state index is 5.65. The van der Waals surface area contributed by atoms with Gasteiger partial charge in [-0.2, -0.15) is 5.10 Å². The lowest BCUT2D eigenvalue weighted by Gasteiger charge is -2.17. The van der Waals surface area contributed by atoms with Crippen LogP contribution in [0, 0.1) is 0 Å². The van der Waals surface area contributed by atoms with Gasteiger partial charge in [0.05, 0.1) is 12.2 Å². The molecule has 0 atom stereocenters. The molecule has 0 bridgehead atoms. The molecular formula is C12H16N4. The summed E-state index contributed by atoms with van der Waals surface area (Å²) >= 11 is 0. The number of hydrogen-bond acceptors (Lipinski definition) is 3. The first-order chi connectivity index (χ1) is 7.65. The Morgan fingerprint density at radius 2 is 1.94 bits per heavy atom. The molecule has 0 saturated carbocycles. The van der Waals surface area contributed by atoms with E-state index in [1.54, 1.807) is 0 Å². The van der Waals surface area contributed by atoms with Crippen LogP contribution in [0.25, 0.3) is 0 Å². The number of nitrogens with two attached hydrogens (primary N) is 1. The van der Waals surface area contributed by atoms with E-state index in [9.17, 15) is 0 Å². The number of rotatable bonds is 3. The van der Waals surface area contributed by atoms with Gasteiger partial charge < -0.3 is 10.6 Å². The molecule has 1 aromatic carbocycles. The van der Waals surface area contributed by atoms with Crippen molar-refractivity contribution < 1.29 is 0 Å². The zero-order valence-corrected chi connectivity index (χ0v) is 9.59. The van der Waals surface area contributed by atoms with Crippen molar-refractivity contribution in [3.8, 4) is 0 Å². The molecule has 0 amide bonds. The van der Waals surface area contributed by atoms with Crippen LogP contribution in [0.2, 0.25) is 0 Å². The number of aryl methyl sites for hydroxylation is 1. The van der Waals surface area contributed by atoms with Gasteiger partial charge in [0.25, 0.3) is 0 Å². The lowest BCUT2D eigenvalue weighted by Crippen LogP contribution is -2.16. The molecule has 4 heteroatoms. The van der Waals surface area contributed by atoms with Gasteiger partial charge in [-0.25, -0.2) is 0 Å². The van der Waals surface area contributed by atoms with Gasteiger partial charge in [-0.3, -0.25) is 4.68 Å². The highest BCUT2D eigenvalue weighted by molar-refractivity contribution is 5.52. The quantitative estimate of drug-likeness (QED) is 0.793. The van der Waals surface area contributed by atoms with Gasteiger partial charge in [0.15, 0.2) is 0 Å². The van der Waals surface area contributed by atoms with E-state index in [4.69, 9.17) is 5.73 Å². The van der Waals surface area contributed by atoms with E-state index in [-0.39, 0.29) is 0 Å². The Kier molecular flexibility index (Phi) is 2.81. The van der Waals surface area contributed by atoms with Gasteiger partial charge in [-0.1, -0.05) is 0 Å². The van der Waals surface area contributed by atoms with Crippen LogP contribution in [-0.2, 0) is 13.6 Å². The van der Waals surface area contributed by atoms with Crippen molar-refractivity contribution in [2.75, 3.05) is 17.7 Å². The molecule has 0 saturated heterocycles. The standard InChI is InChI=1S/C12H16N4/c1-15(9-11-7-8-16(2)14-11)12-5-3-10(13)4-6-12/h3-8H,9,13H2,1-2H3. The molecule has 4 nitrogen and oxygen atoms in total. The minimum Gasteiger partial charge on any atom is -0.399 e. The molecule has 0 unspecified atom stereocenters. The second-order valence-corrected chi connectivity index (χ2v) is 3.93. The van der Waals surface area contributed by atoms with Gasteiger partial charge >= 0.3 is 0 Å². The lowest BCUT2D eigenvalue weighted by atomic mass is 10.2. The summed E-state index contributed by atoms with van der Waals surface area (Å²) < 4.78 is 1.81. The van der Waals surface area contributed by atoms with Crippen LogP contribution in [0.1, 0.15) is 5.69 Å². The molecule has 1 aromatic heterocycles. The predicted octanol–water partition coefficient (Wildman–Crippen LogP) is 1.64. The Morgan fingerprint density at radius 1 is 1.25 bits per heavy atom. The average molecular weight is 216 g/mol. The summed E-state index contributed by atoms with van der Waals surface area (Å²) in [5, 5.41) is 4.34. The van der Waals surface area contributed by atoms with E-state index in [2.05, 4.69) is 10.00 Å². The summed E-state index contributed by atoms with van der Waals surface area (Å²) in [4.78, 5) is 2.14. The molecule has 2 aromatic rings. The molecule has 2 N–H and O–H groups in total. The molecule has 0 fully saturated rings. The number of nitrogens with zero attached hydrogens (tertiary/aromatic N) is 3.